The number of pyridine rings is 1. The number of hydrogen-bond acceptors (Lipinski definition) is 2. The second kappa shape index (κ2) is 5.19. The fourth-order valence-electron chi connectivity index (χ4n) is 2.30. The van der Waals surface area contributed by atoms with E-state index in [1.165, 1.54) is 11.1 Å². The Bertz CT molecular complexity index is 609. The van der Waals surface area contributed by atoms with E-state index in [1.807, 2.05) is 36.8 Å². The molecule has 2 heteroatoms. The van der Waals surface area contributed by atoms with Crippen LogP contribution in [0.3, 0.4) is 0 Å². The highest BCUT2D eigenvalue weighted by Gasteiger charge is 2.13. The molecule has 3 rings (SSSR count). The molecule has 0 saturated carbocycles. The molecular weight excluding hydrogens is 232 g/mol. The zero-order valence-electron chi connectivity index (χ0n) is 11.0. The summed E-state index contributed by atoms with van der Waals surface area (Å²) < 4.78 is 0. The molecule has 0 saturated heterocycles. The first-order valence-electron chi connectivity index (χ1n) is 6.56. The van der Waals surface area contributed by atoms with Gasteiger partial charge < -0.3 is 0 Å². The van der Waals surface area contributed by atoms with Crippen molar-refractivity contribution in [2.45, 2.75) is 19.3 Å². The third-order valence-corrected chi connectivity index (χ3v) is 3.58. The third kappa shape index (κ3) is 2.48. The number of aliphatic imine (C=N–C) groups is 1. The molecule has 0 amide bonds. The van der Waals surface area contributed by atoms with Gasteiger partial charge >= 0.3 is 0 Å². The van der Waals surface area contributed by atoms with Crippen molar-refractivity contribution in [1.29, 1.82) is 0 Å². The molecule has 1 aliphatic heterocycles. The molecule has 1 unspecified atom stereocenters. The van der Waals surface area contributed by atoms with Crippen LogP contribution in [0.5, 0.6) is 0 Å². The molecule has 2 heterocycles. The number of aromatic nitrogens is 1. The SMILES string of the molecule is CC(C1=CN=CC1)c1ccc(-c2ccccc2)nc1. The summed E-state index contributed by atoms with van der Waals surface area (Å²) in [6.45, 7) is 2.21. The fourth-order valence-corrected chi connectivity index (χ4v) is 2.30. The summed E-state index contributed by atoms with van der Waals surface area (Å²) in [6.07, 6.45) is 6.86. The Morgan fingerprint density at radius 1 is 1.05 bits per heavy atom. The summed E-state index contributed by atoms with van der Waals surface area (Å²) in [7, 11) is 0. The highest BCUT2D eigenvalue weighted by Crippen LogP contribution is 2.28. The number of allylic oxidation sites excluding steroid dienone is 1. The quantitative estimate of drug-likeness (QED) is 0.798. The minimum absolute atomic E-state index is 0.389. The average Bonchev–Trinajstić information content (AvgIpc) is 3.02. The predicted octanol–water partition coefficient (Wildman–Crippen LogP) is 4.21. The van der Waals surface area contributed by atoms with E-state index in [1.54, 1.807) is 0 Å². The zero-order chi connectivity index (χ0) is 13.1. The highest BCUT2D eigenvalue weighted by atomic mass is 14.7. The Balaban J connectivity index is 1.83. The lowest BCUT2D eigenvalue weighted by Crippen LogP contribution is -1.98. The molecule has 2 aromatic rings. The van der Waals surface area contributed by atoms with E-state index in [-0.39, 0.29) is 0 Å². The van der Waals surface area contributed by atoms with Crippen LogP contribution in [-0.4, -0.2) is 11.2 Å². The van der Waals surface area contributed by atoms with Crippen LogP contribution >= 0.6 is 0 Å². The molecule has 2 nitrogen and oxygen atoms in total. The standard InChI is InChI=1S/C17H16N2/c1-13(16-9-10-18-11-16)15-7-8-17(19-12-15)14-5-3-2-4-6-14/h2-8,10-13H,9H2,1H3. The van der Waals surface area contributed by atoms with Crippen molar-refractivity contribution >= 4 is 6.21 Å². The molecule has 1 atom stereocenters. The molecular formula is C17H16N2. The van der Waals surface area contributed by atoms with Crippen molar-refractivity contribution in [3.8, 4) is 11.3 Å². The van der Waals surface area contributed by atoms with Gasteiger partial charge in [0.1, 0.15) is 0 Å². The lowest BCUT2D eigenvalue weighted by atomic mass is 9.93. The van der Waals surface area contributed by atoms with Gasteiger partial charge in [-0.05, 0) is 17.2 Å². The monoisotopic (exact) mass is 248 g/mol. The maximum atomic E-state index is 4.57. The Hall–Kier alpha value is -2.22. The Kier molecular flexibility index (Phi) is 3.23. The van der Waals surface area contributed by atoms with Gasteiger partial charge in [-0.25, -0.2) is 0 Å². The van der Waals surface area contributed by atoms with Gasteiger partial charge in [-0.15, -0.1) is 0 Å². The summed E-state index contributed by atoms with van der Waals surface area (Å²) >= 11 is 0. The Labute approximate surface area is 113 Å². The number of nitrogens with zero attached hydrogens (tertiary/aromatic N) is 2. The number of rotatable bonds is 3. The van der Waals surface area contributed by atoms with Crippen molar-refractivity contribution in [2.75, 3.05) is 0 Å². The van der Waals surface area contributed by atoms with Crippen molar-refractivity contribution in [2.24, 2.45) is 4.99 Å². The average molecular weight is 248 g/mol. The summed E-state index contributed by atoms with van der Waals surface area (Å²) in [6, 6.07) is 14.5. The Morgan fingerprint density at radius 3 is 2.53 bits per heavy atom. The molecule has 0 bridgehead atoms. The van der Waals surface area contributed by atoms with Crippen LogP contribution in [0.1, 0.15) is 24.8 Å². The van der Waals surface area contributed by atoms with Crippen LogP contribution in [0.4, 0.5) is 0 Å². The van der Waals surface area contributed by atoms with Crippen molar-refractivity contribution in [1.82, 2.24) is 4.98 Å². The summed E-state index contributed by atoms with van der Waals surface area (Å²) in [5.74, 6) is 0.389. The first kappa shape index (κ1) is 11.8. The maximum Gasteiger partial charge on any atom is 0.0702 e. The number of benzene rings is 1. The van der Waals surface area contributed by atoms with Crippen LogP contribution in [0, 0.1) is 0 Å². The van der Waals surface area contributed by atoms with Gasteiger partial charge in [-0.3, -0.25) is 9.98 Å². The molecule has 0 radical (unpaired) electrons. The van der Waals surface area contributed by atoms with E-state index in [2.05, 4.69) is 41.2 Å². The molecule has 0 N–H and O–H groups in total. The van der Waals surface area contributed by atoms with Gasteiger partial charge in [0.25, 0.3) is 0 Å². The largest absolute Gasteiger partial charge is 0.269 e. The van der Waals surface area contributed by atoms with E-state index in [0.29, 0.717) is 5.92 Å². The normalized spacial score (nSPS) is 15.3. The highest BCUT2D eigenvalue weighted by molar-refractivity contribution is 5.66. The predicted molar refractivity (Wildman–Crippen MR) is 79.3 cm³/mol. The summed E-state index contributed by atoms with van der Waals surface area (Å²) in [5, 5.41) is 0. The molecule has 0 spiro atoms. The van der Waals surface area contributed by atoms with E-state index in [9.17, 15) is 0 Å². The molecule has 1 aliphatic rings. The molecule has 0 fully saturated rings. The van der Waals surface area contributed by atoms with Crippen molar-refractivity contribution < 1.29 is 0 Å². The summed E-state index contributed by atoms with van der Waals surface area (Å²) in [4.78, 5) is 8.74. The second-order valence-corrected chi connectivity index (χ2v) is 4.80. The van der Waals surface area contributed by atoms with Gasteiger partial charge in [-0.1, -0.05) is 43.3 Å². The smallest absolute Gasteiger partial charge is 0.0702 e. The van der Waals surface area contributed by atoms with Gasteiger partial charge in [0.15, 0.2) is 0 Å². The lowest BCUT2D eigenvalue weighted by molar-refractivity contribution is 0.872. The molecule has 94 valence electrons. The van der Waals surface area contributed by atoms with Crippen LogP contribution in [-0.2, 0) is 0 Å². The minimum atomic E-state index is 0.389. The van der Waals surface area contributed by atoms with Gasteiger partial charge in [0, 0.05) is 36.5 Å². The lowest BCUT2D eigenvalue weighted by Gasteiger charge is -2.12. The zero-order valence-corrected chi connectivity index (χ0v) is 11.0. The molecule has 1 aromatic heterocycles. The van der Waals surface area contributed by atoms with Gasteiger partial charge in [0.05, 0.1) is 5.69 Å². The molecule has 1 aromatic carbocycles. The molecule has 0 aliphatic carbocycles. The van der Waals surface area contributed by atoms with Crippen LogP contribution in [0.2, 0.25) is 0 Å². The van der Waals surface area contributed by atoms with Crippen LogP contribution in [0.25, 0.3) is 11.3 Å². The van der Waals surface area contributed by atoms with Gasteiger partial charge in [0.2, 0.25) is 0 Å². The van der Waals surface area contributed by atoms with E-state index >= 15 is 0 Å². The number of hydrogen-bond donors (Lipinski definition) is 0. The van der Waals surface area contributed by atoms with Crippen LogP contribution in [0.15, 0.2) is 65.4 Å². The first-order chi connectivity index (χ1) is 9.34. The topological polar surface area (TPSA) is 25.2 Å². The third-order valence-electron chi connectivity index (χ3n) is 3.58. The van der Waals surface area contributed by atoms with Crippen LogP contribution < -0.4 is 0 Å². The maximum absolute atomic E-state index is 4.57. The van der Waals surface area contributed by atoms with Gasteiger partial charge in [-0.2, -0.15) is 0 Å². The first-order valence-corrected chi connectivity index (χ1v) is 6.56. The Morgan fingerprint density at radius 2 is 1.89 bits per heavy atom. The van der Waals surface area contributed by atoms with E-state index in [4.69, 9.17) is 0 Å². The minimum Gasteiger partial charge on any atom is -0.269 e. The molecule has 19 heavy (non-hydrogen) atoms. The van der Waals surface area contributed by atoms with Crippen molar-refractivity contribution in [3.63, 3.8) is 0 Å². The van der Waals surface area contributed by atoms with E-state index < -0.39 is 0 Å². The summed E-state index contributed by atoms with van der Waals surface area (Å²) in [5.41, 5.74) is 4.78. The fraction of sp³-hybridized carbons (Fsp3) is 0.176. The van der Waals surface area contributed by atoms with E-state index in [0.717, 1.165) is 17.7 Å². The van der Waals surface area contributed by atoms with Crippen molar-refractivity contribution in [3.05, 3.63) is 66.0 Å². The second-order valence-electron chi connectivity index (χ2n) is 4.80.